The minimum absolute atomic E-state index is 0.333. The number of benzene rings is 1. The zero-order chi connectivity index (χ0) is 13.6. The maximum Gasteiger partial charge on any atom is 0.0812 e. The zero-order valence-electron chi connectivity index (χ0n) is 12.0. The number of rotatable bonds is 6. The Morgan fingerprint density at radius 1 is 1.22 bits per heavy atom. The maximum absolute atomic E-state index is 12.5. The summed E-state index contributed by atoms with van der Waals surface area (Å²) in [5.41, 5.74) is 1.62. The smallest absolute Gasteiger partial charge is 0.0812 e. The van der Waals surface area contributed by atoms with Crippen LogP contribution >= 0.6 is 12.1 Å². The Balaban J connectivity index is 2.61. The van der Waals surface area contributed by atoms with Crippen molar-refractivity contribution < 1.29 is 3.89 Å². The van der Waals surface area contributed by atoms with Crippen molar-refractivity contribution >= 4 is 12.1 Å². The molecule has 0 N–H and O–H groups in total. The highest BCUT2D eigenvalue weighted by Gasteiger charge is 2.23. The fourth-order valence-corrected chi connectivity index (χ4v) is 2.77. The topological polar surface area (TPSA) is 0 Å². The molecule has 18 heavy (non-hydrogen) atoms. The van der Waals surface area contributed by atoms with Gasteiger partial charge in [-0.1, -0.05) is 52.7 Å². The maximum atomic E-state index is 12.5. The Bertz CT molecular complexity index is 354. The lowest BCUT2D eigenvalue weighted by molar-refractivity contribution is 0.210. The minimum Gasteiger partial charge on any atom is -0.160 e. The van der Waals surface area contributed by atoms with E-state index in [1.807, 2.05) is 18.2 Å². The van der Waals surface area contributed by atoms with E-state index in [0.717, 1.165) is 17.2 Å². The minimum atomic E-state index is 0.333. The second-order valence-corrected chi connectivity index (χ2v) is 6.74. The van der Waals surface area contributed by atoms with Crippen molar-refractivity contribution in [1.82, 2.24) is 0 Å². The van der Waals surface area contributed by atoms with Gasteiger partial charge in [-0.25, -0.2) is 0 Å². The summed E-state index contributed by atoms with van der Waals surface area (Å²) in [6.07, 6.45) is 4.76. The Kier molecular flexibility index (Phi) is 6.20. The average Bonchev–Trinajstić information content (AvgIpc) is 2.33. The molecule has 1 aromatic carbocycles. The predicted molar refractivity (Wildman–Crippen MR) is 79.6 cm³/mol. The first-order valence-electron chi connectivity index (χ1n) is 6.85. The summed E-state index contributed by atoms with van der Waals surface area (Å²) < 4.78 is 12.5. The molecule has 0 spiro atoms. The van der Waals surface area contributed by atoms with E-state index in [-0.39, 0.29) is 0 Å². The van der Waals surface area contributed by atoms with Crippen LogP contribution in [0.5, 0.6) is 0 Å². The molecule has 1 atom stereocenters. The van der Waals surface area contributed by atoms with Crippen LogP contribution in [0, 0.1) is 11.3 Å². The third-order valence-electron chi connectivity index (χ3n) is 3.63. The molecule has 0 aliphatic heterocycles. The van der Waals surface area contributed by atoms with Crippen molar-refractivity contribution in [2.75, 3.05) is 0 Å². The Labute approximate surface area is 116 Å². The van der Waals surface area contributed by atoms with E-state index in [4.69, 9.17) is 0 Å². The van der Waals surface area contributed by atoms with Crippen molar-refractivity contribution in [3.05, 3.63) is 29.8 Å². The fraction of sp³-hybridized carbons (Fsp3) is 0.625. The summed E-state index contributed by atoms with van der Waals surface area (Å²) in [6.45, 7) is 9.21. The third kappa shape index (κ3) is 5.01. The summed E-state index contributed by atoms with van der Waals surface area (Å²) in [5.74, 6) is 0.740. The molecule has 2 heteroatoms. The van der Waals surface area contributed by atoms with Crippen LogP contribution in [0.2, 0.25) is 0 Å². The molecule has 102 valence electrons. The average molecular weight is 268 g/mol. The van der Waals surface area contributed by atoms with E-state index in [2.05, 4.69) is 33.8 Å². The van der Waals surface area contributed by atoms with E-state index < -0.39 is 0 Å². The zero-order valence-corrected chi connectivity index (χ0v) is 12.8. The van der Waals surface area contributed by atoms with Crippen molar-refractivity contribution in [3.8, 4) is 0 Å². The van der Waals surface area contributed by atoms with Crippen molar-refractivity contribution in [3.63, 3.8) is 0 Å². The van der Waals surface area contributed by atoms with Crippen LogP contribution in [-0.4, -0.2) is 0 Å². The van der Waals surface area contributed by atoms with Gasteiger partial charge in [0, 0.05) is 4.90 Å². The number of hydrogen-bond donors (Lipinski definition) is 0. The first kappa shape index (κ1) is 15.6. The number of hydrogen-bond acceptors (Lipinski definition) is 1. The van der Waals surface area contributed by atoms with Crippen molar-refractivity contribution in [1.29, 1.82) is 0 Å². The summed E-state index contributed by atoms with van der Waals surface area (Å²) in [4.78, 5) is 0.718. The standard InChI is InChI=1S/C16H25FS/c1-5-7-14(16(2,3)4)11-10-13-8-6-9-15(12-13)18-17/h6,8-9,12,14H,5,7,10-11H2,1-4H3. The number of aryl methyl sites for hydroxylation is 1. The van der Waals surface area contributed by atoms with E-state index in [1.165, 1.54) is 24.8 Å². The predicted octanol–water partition coefficient (Wildman–Crippen LogP) is 6.06. The highest BCUT2D eigenvalue weighted by molar-refractivity contribution is 7.94. The van der Waals surface area contributed by atoms with Crippen molar-refractivity contribution in [2.24, 2.45) is 11.3 Å². The summed E-state index contributed by atoms with van der Waals surface area (Å²) in [6, 6.07) is 7.84. The van der Waals surface area contributed by atoms with Crippen LogP contribution in [0.4, 0.5) is 3.89 Å². The van der Waals surface area contributed by atoms with Crippen LogP contribution in [0.25, 0.3) is 0 Å². The third-order valence-corrected chi connectivity index (χ3v) is 4.06. The lowest BCUT2D eigenvalue weighted by atomic mass is 9.75. The van der Waals surface area contributed by atoms with E-state index >= 15 is 0 Å². The molecule has 0 aliphatic rings. The molecule has 0 saturated heterocycles. The molecule has 0 saturated carbocycles. The van der Waals surface area contributed by atoms with Crippen LogP contribution in [0.3, 0.4) is 0 Å². The molecule has 0 fully saturated rings. The summed E-state index contributed by atoms with van der Waals surface area (Å²) >= 11 is 0.333. The Hall–Kier alpha value is -0.500. The Morgan fingerprint density at radius 3 is 2.50 bits per heavy atom. The van der Waals surface area contributed by atoms with Gasteiger partial charge in [0.15, 0.2) is 0 Å². The van der Waals surface area contributed by atoms with Crippen LogP contribution in [0.15, 0.2) is 29.2 Å². The van der Waals surface area contributed by atoms with E-state index in [1.54, 1.807) is 0 Å². The molecular formula is C16H25FS. The molecule has 1 rings (SSSR count). The van der Waals surface area contributed by atoms with Gasteiger partial charge in [-0.2, -0.15) is 3.89 Å². The van der Waals surface area contributed by atoms with Gasteiger partial charge >= 0.3 is 0 Å². The van der Waals surface area contributed by atoms with E-state index in [0.29, 0.717) is 17.6 Å². The van der Waals surface area contributed by atoms with Crippen molar-refractivity contribution in [2.45, 2.75) is 58.3 Å². The van der Waals surface area contributed by atoms with Gasteiger partial charge in [-0.3, -0.25) is 0 Å². The molecule has 0 bridgehead atoms. The van der Waals surface area contributed by atoms with Gasteiger partial charge in [0.2, 0.25) is 0 Å². The number of halogens is 1. The largest absolute Gasteiger partial charge is 0.160 e. The lowest BCUT2D eigenvalue weighted by Crippen LogP contribution is -2.21. The molecule has 0 amide bonds. The van der Waals surface area contributed by atoms with Gasteiger partial charge in [-0.15, -0.1) is 0 Å². The molecule has 0 nitrogen and oxygen atoms in total. The molecule has 0 aliphatic carbocycles. The Morgan fingerprint density at radius 2 is 1.94 bits per heavy atom. The summed E-state index contributed by atoms with van der Waals surface area (Å²) in [5, 5.41) is 0. The molecule has 1 unspecified atom stereocenters. The van der Waals surface area contributed by atoms with Gasteiger partial charge in [0.1, 0.15) is 0 Å². The molecule has 1 aromatic rings. The van der Waals surface area contributed by atoms with Crippen LogP contribution < -0.4 is 0 Å². The van der Waals surface area contributed by atoms with Gasteiger partial charge in [-0.05, 0) is 41.9 Å². The molecule has 0 heterocycles. The van der Waals surface area contributed by atoms with Crippen LogP contribution in [-0.2, 0) is 6.42 Å². The monoisotopic (exact) mass is 268 g/mol. The first-order chi connectivity index (χ1) is 8.47. The SMILES string of the molecule is CCCC(CCc1cccc(SF)c1)C(C)(C)C. The van der Waals surface area contributed by atoms with E-state index in [9.17, 15) is 3.89 Å². The highest BCUT2D eigenvalue weighted by atomic mass is 32.2. The van der Waals surface area contributed by atoms with Gasteiger partial charge < -0.3 is 0 Å². The highest BCUT2D eigenvalue weighted by Crippen LogP contribution is 2.33. The fourth-order valence-electron chi connectivity index (χ4n) is 2.45. The summed E-state index contributed by atoms with van der Waals surface area (Å²) in [7, 11) is 0. The first-order valence-corrected chi connectivity index (χ1v) is 7.56. The van der Waals surface area contributed by atoms with Gasteiger partial charge in [0.25, 0.3) is 0 Å². The second-order valence-electron chi connectivity index (χ2n) is 6.11. The normalized spacial score (nSPS) is 13.6. The quantitative estimate of drug-likeness (QED) is 0.604. The van der Waals surface area contributed by atoms with Gasteiger partial charge in [0.05, 0.1) is 12.1 Å². The molecule has 0 aromatic heterocycles. The molecular weight excluding hydrogens is 243 g/mol. The second kappa shape index (κ2) is 7.18. The van der Waals surface area contributed by atoms with Crippen LogP contribution in [0.1, 0.15) is 52.5 Å². The molecule has 0 radical (unpaired) electrons. The lowest BCUT2D eigenvalue weighted by Gasteiger charge is -2.30.